The van der Waals surface area contributed by atoms with Crippen molar-refractivity contribution >= 4 is 17.7 Å². The van der Waals surface area contributed by atoms with Gasteiger partial charge in [-0.1, -0.05) is 11.6 Å². The highest BCUT2D eigenvalue weighted by molar-refractivity contribution is 5.93. The first-order valence-electron chi connectivity index (χ1n) is 6.53. The minimum absolute atomic E-state index is 0.153. The van der Waals surface area contributed by atoms with Crippen molar-refractivity contribution in [2.24, 2.45) is 0 Å². The van der Waals surface area contributed by atoms with Crippen LogP contribution in [0.25, 0.3) is 0 Å². The third-order valence-electron chi connectivity index (χ3n) is 3.33. The lowest BCUT2D eigenvalue weighted by molar-refractivity contribution is 0.0696. The molecular formula is C15H18N2O3. The number of aromatic carboxylic acids is 1. The number of rotatable bonds is 2. The van der Waals surface area contributed by atoms with Crippen molar-refractivity contribution in [3.8, 4) is 0 Å². The van der Waals surface area contributed by atoms with Crippen molar-refractivity contribution in [3.05, 3.63) is 41.0 Å². The lowest BCUT2D eigenvalue weighted by Gasteiger charge is -2.26. The van der Waals surface area contributed by atoms with Crippen LogP contribution >= 0.6 is 0 Å². The number of benzene rings is 1. The molecule has 0 aromatic heterocycles. The fourth-order valence-corrected chi connectivity index (χ4v) is 2.27. The molecule has 1 aliphatic rings. The summed E-state index contributed by atoms with van der Waals surface area (Å²) in [6.45, 7) is 5.06. The highest BCUT2D eigenvalue weighted by atomic mass is 16.4. The lowest BCUT2D eigenvalue weighted by Crippen LogP contribution is -2.38. The molecule has 1 heterocycles. The smallest absolute Gasteiger partial charge is 0.335 e. The number of hydrogen-bond donors (Lipinski definition) is 2. The van der Waals surface area contributed by atoms with Crippen molar-refractivity contribution in [1.29, 1.82) is 0 Å². The van der Waals surface area contributed by atoms with Gasteiger partial charge in [0.1, 0.15) is 0 Å². The third-order valence-corrected chi connectivity index (χ3v) is 3.33. The van der Waals surface area contributed by atoms with Crippen molar-refractivity contribution < 1.29 is 14.7 Å². The second-order valence-corrected chi connectivity index (χ2v) is 5.03. The molecule has 0 spiro atoms. The van der Waals surface area contributed by atoms with E-state index in [4.69, 9.17) is 5.11 Å². The molecule has 1 aliphatic heterocycles. The van der Waals surface area contributed by atoms with Crippen molar-refractivity contribution in [2.75, 3.05) is 18.4 Å². The zero-order valence-corrected chi connectivity index (χ0v) is 11.6. The van der Waals surface area contributed by atoms with Gasteiger partial charge in [0, 0.05) is 18.8 Å². The minimum atomic E-state index is -0.961. The maximum atomic E-state index is 12.1. The molecule has 0 unspecified atom stereocenters. The molecule has 0 bridgehead atoms. The Hall–Kier alpha value is -2.30. The van der Waals surface area contributed by atoms with Crippen LogP contribution in [-0.4, -0.2) is 35.1 Å². The fourth-order valence-electron chi connectivity index (χ4n) is 2.27. The number of anilines is 1. The van der Waals surface area contributed by atoms with Crippen LogP contribution in [0.5, 0.6) is 0 Å². The van der Waals surface area contributed by atoms with Crippen molar-refractivity contribution in [3.63, 3.8) is 0 Å². The Morgan fingerprint density at radius 3 is 2.65 bits per heavy atom. The zero-order chi connectivity index (χ0) is 14.7. The molecule has 20 heavy (non-hydrogen) atoms. The van der Waals surface area contributed by atoms with Gasteiger partial charge in [0.05, 0.1) is 5.56 Å². The van der Waals surface area contributed by atoms with Crippen LogP contribution in [0.2, 0.25) is 0 Å². The highest BCUT2D eigenvalue weighted by Crippen LogP contribution is 2.17. The molecule has 2 rings (SSSR count). The average molecular weight is 274 g/mol. The van der Waals surface area contributed by atoms with E-state index in [1.54, 1.807) is 24.0 Å². The Bertz CT molecular complexity index is 578. The van der Waals surface area contributed by atoms with Gasteiger partial charge in [-0.25, -0.2) is 9.59 Å². The number of carbonyl (C=O) groups is 2. The van der Waals surface area contributed by atoms with Crippen LogP contribution in [0, 0.1) is 6.92 Å². The minimum Gasteiger partial charge on any atom is -0.478 e. The Kier molecular flexibility index (Phi) is 4.08. The molecule has 2 N–H and O–H groups in total. The summed E-state index contributed by atoms with van der Waals surface area (Å²) in [7, 11) is 0. The Morgan fingerprint density at radius 1 is 1.30 bits per heavy atom. The number of amides is 2. The monoisotopic (exact) mass is 274 g/mol. The Balaban J connectivity index is 2.07. The Labute approximate surface area is 117 Å². The third kappa shape index (κ3) is 3.17. The fraction of sp³-hybridized carbons (Fsp3) is 0.333. The predicted molar refractivity (Wildman–Crippen MR) is 77.1 cm³/mol. The predicted octanol–water partition coefficient (Wildman–Crippen LogP) is 2.88. The maximum absolute atomic E-state index is 12.1. The number of urea groups is 1. The first-order chi connectivity index (χ1) is 9.47. The molecule has 0 radical (unpaired) electrons. The van der Waals surface area contributed by atoms with Gasteiger partial charge >= 0.3 is 12.0 Å². The summed E-state index contributed by atoms with van der Waals surface area (Å²) in [6, 6.07) is 4.64. The topological polar surface area (TPSA) is 69.6 Å². The number of nitrogens with one attached hydrogen (secondary N) is 1. The Morgan fingerprint density at radius 2 is 2.05 bits per heavy atom. The van der Waals surface area contributed by atoms with E-state index < -0.39 is 5.97 Å². The van der Waals surface area contributed by atoms with E-state index in [2.05, 4.69) is 11.4 Å². The van der Waals surface area contributed by atoms with Gasteiger partial charge in [-0.2, -0.15) is 0 Å². The molecule has 106 valence electrons. The van der Waals surface area contributed by atoms with Crippen LogP contribution in [0.15, 0.2) is 29.8 Å². The second-order valence-electron chi connectivity index (χ2n) is 5.03. The largest absolute Gasteiger partial charge is 0.478 e. The molecule has 2 amide bonds. The van der Waals surface area contributed by atoms with Crippen LogP contribution < -0.4 is 5.32 Å². The van der Waals surface area contributed by atoms with Gasteiger partial charge in [0.2, 0.25) is 0 Å². The van der Waals surface area contributed by atoms with Gasteiger partial charge in [0.15, 0.2) is 0 Å². The first-order valence-corrected chi connectivity index (χ1v) is 6.53. The molecule has 0 fully saturated rings. The SMILES string of the molecule is CC1=CCCN(C(=O)Nc2ccc(C(=O)O)c(C)c2)C1. The van der Waals surface area contributed by atoms with E-state index in [-0.39, 0.29) is 11.6 Å². The number of carbonyl (C=O) groups excluding carboxylic acids is 1. The van der Waals surface area contributed by atoms with Crippen molar-refractivity contribution in [1.82, 2.24) is 4.90 Å². The summed E-state index contributed by atoms with van der Waals surface area (Å²) in [6.07, 6.45) is 3.01. The number of nitrogens with zero attached hydrogens (tertiary/aromatic N) is 1. The van der Waals surface area contributed by atoms with Crippen LogP contribution in [0.4, 0.5) is 10.5 Å². The zero-order valence-electron chi connectivity index (χ0n) is 11.6. The molecule has 1 aromatic carbocycles. The van der Waals surface area contributed by atoms with Gasteiger partial charge in [0.25, 0.3) is 0 Å². The molecule has 5 nitrogen and oxygen atoms in total. The van der Waals surface area contributed by atoms with Crippen molar-refractivity contribution in [2.45, 2.75) is 20.3 Å². The van der Waals surface area contributed by atoms with Crippen LogP contribution in [0.1, 0.15) is 29.3 Å². The molecule has 5 heteroatoms. The van der Waals surface area contributed by atoms with Gasteiger partial charge in [-0.05, 0) is 44.0 Å². The summed E-state index contributed by atoms with van der Waals surface area (Å²) in [4.78, 5) is 24.8. The quantitative estimate of drug-likeness (QED) is 0.815. The summed E-state index contributed by atoms with van der Waals surface area (Å²) >= 11 is 0. The van der Waals surface area contributed by atoms with E-state index >= 15 is 0 Å². The molecule has 0 saturated carbocycles. The number of aryl methyl sites for hydroxylation is 1. The number of carboxylic acid groups (broad SMARTS) is 1. The summed E-state index contributed by atoms with van der Waals surface area (Å²) in [5.74, 6) is -0.961. The molecular weight excluding hydrogens is 256 g/mol. The van der Waals surface area contributed by atoms with E-state index in [9.17, 15) is 9.59 Å². The molecule has 0 aliphatic carbocycles. The van der Waals surface area contributed by atoms with Crippen LogP contribution in [-0.2, 0) is 0 Å². The summed E-state index contributed by atoms with van der Waals surface area (Å²) in [5, 5.41) is 11.8. The number of carboxylic acids is 1. The summed E-state index contributed by atoms with van der Waals surface area (Å²) < 4.78 is 0. The van der Waals surface area contributed by atoms with E-state index in [1.807, 2.05) is 6.92 Å². The standard InChI is InChI=1S/C15H18N2O3/c1-10-4-3-7-17(9-10)15(20)16-12-5-6-13(14(18)19)11(2)8-12/h4-6,8H,3,7,9H2,1-2H3,(H,16,20)(H,18,19). The van der Waals surface area contributed by atoms with E-state index in [0.29, 0.717) is 24.3 Å². The highest BCUT2D eigenvalue weighted by Gasteiger charge is 2.17. The molecule has 1 aromatic rings. The van der Waals surface area contributed by atoms with Gasteiger partial charge < -0.3 is 15.3 Å². The molecule has 0 saturated heterocycles. The van der Waals surface area contributed by atoms with E-state index in [1.165, 1.54) is 11.6 Å². The summed E-state index contributed by atoms with van der Waals surface area (Å²) in [5.41, 5.74) is 2.68. The normalized spacial score (nSPS) is 14.7. The lowest BCUT2D eigenvalue weighted by atomic mass is 10.1. The van der Waals surface area contributed by atoms with Gasteiger partial charge in [-0.3, -0.25) is 0 Å². The average Bonchev–Trinajstić information content (AvgIpc) is 2.38. The maximum Gasteiger partial charge on any atom is 0.335 e. The van der Waals surface area contributed by atoms with Gasteiger partial charge in [-0.15, -0.1) is 0 Å². The molecule has 0 atom stereocenters. The first kappa shape index (κ1) is 14.1. The van der Waals surface area contributed by atoms with Crippen LogP contribution in [0.3, 0.4) is 0 Å². The number of hydrogen-bond acceptors (Lipinski definition) is 2. The second kappa shape index (κ2) is 5.77. The van der Waals surface area contributed by atoms with E-state index in [0.717, 1.165) is 6.42 Å².